The number of aryl methyl sites for hydroxylation is 1. The monoisotopic (exact) mass is 188 g/mol. The largest absolute Gasteiger partial charge is 0.227 e. The molecule has 0 aromatic heterocycles. The molecule has 0 saturated heterocycles. The van der Waals surface area contributed by atoms with E-state index in [0.717, 1.165) is 5.56 Å². The van der Waals surface area contributed by atoms with Gasteiger partial charge in [-0.3, -0.25) is 0 Å². The van der Waals surface area contributed by atoms with Crippen LogP contribution < -0.4 is 0 Å². The summed E-state index contributed by atoms with van der Waals surface area (Å²) in [6.07, 6.45) is 0. The van der Waals surface area contributed by atoms with Crippen LogP contribution in [0.1, 0.15) is 5.56 Å². The second-order valence-corrected chi connectivity index (χ2v) is 5.15. The SMILES string of the molecule is Cc1ccc(S(=O)(=O)S)cc1. The zero-order valence-electron chi connectivity index (χ0n) is 5.98. The van der Waals surface area contributed by atoms with Crippen molar-refractivity contribution in [3.63, 3.8) is 0 Å². The van der Waals surface area contributed by atoms with E-state index in [1.165, 1.54) is 12.1 Å². The molecule has 0 bridgehead atoms. The molecule has 0 N–H and O–H groups in total. The average Bonchev–Trinajstić information content (AvgIpc) is 1.86. The van der Waals surface area contributed by atoms with Crippen molar-refractivity contribution in [2.75, 3.05) is 0 Å². The lowest BCUT2D eigenvalue weighted by atomic mass is 10.2. The average molecular weight is 188 g/mol. The van der Waals surface area contributed by atoms with Crippen LogP contribution in [-0.4, -0.2) is 8.42 Å². The molecule has 60 valence electrons. The first-order valence-electron chi connectivity index (χ1n) is 3.04. The van der Waals surface area contributed by atoms with Crippen LogP contribution in [0.25, 0.3) is 0 Å². The van der Waals surface area contributed by atoms with Gasteiger partial charge in [0, 0.05) is 0 Å². The molecule has 0 fully saturated rings. The third-order valence-corrected chi connectivity index (χ3v) is 2.82. The molecule has 0 aliphatic rings. The van der Waals surface area contributed by atoms with Crippen LogP contribution in [0, 0.1) is 6.92 Å². The molecule has 0 aliphatic heterocycles. The highest BCUT2D eigenvalue weighted by Gasteiger charge is 2.05. The van der Waals surface area contributed by atoms with Crippen LogP contribution in [-0.2, 0) is 8.87 Å². The maximum Gasteiger partial charge on any atom is 0.227 e. The fourth-order valence-electron chi connectivity index (χ4n) is 0.710. The lowest BCUT2D eigenvalue weighted by molar-refractivity contribution is 0.611. The van der Waals surface area contributed by atoms with Crippen LogP contribution in [0.15, 0.2) is 29.2 Å². The Balaban J connectivity index is 3.20. The van der Waals surface area contributed by atoms with Crippen LogP contribution in [0.5, 0.6) is 0 Å². The molecule has 11 heavy (non-hydrogen) atoms. The van der Waals surface area contributed by atoms with Crippen LogP contribution in [0.4, 0.5) is 0 Å². The minimum Gasteiger partial charge on any atom is -0.212 e. The Hall–Kier alpha value is -0.480. The molecule has 1 rings (SSSR count). The van der Waals surface area contributed by atoms with Gasteiger partial charge in [-0.25, -0.2) is 8.42 Å². The molecule has 4 heteroatoms. The maximum atomic E-state index is 10.8. The first kappa shape index (κ1) is 8.62. The molecule has 0 amide bonds. The molecule has 0 spiro atoms. The van der Waals surface area contributed by atoms with Gasteiger partial charge in [-0.05, 0) is 30.7 Å². The Bertz CT molecular complexity index is 337. The zero-order valence-corrected chi connectivity index (χ0v) is 7.69. The number of benzene rings is 1. The fourth-order valence-corrected chi connectivity index (χ4v) is 1.56. The lowest BCUT2D eigenvalue weighted by Crippen LogP contribution is -1.89. The normalized spacial score (nSPS) is 11.5. The predicted octanol–water partition coefficient (Wildman–Crippen LogP) is 1.61. The summed E-state index contributed by atoms with van der Waals surface area (Å²) in [6.45, 7) is 1.90. The van der Waals surface area contributed by atoms with E-state index < -0.39 is 8.87 Å². The molecular formula is C7H8O2S2. The Morgan fingerprint density at radius 3 is 2.00 bits per heavy atom. The van der Waals surface area contributed by atoms with Crippen LogP contribution in [0.2, 0.25) is 0 Å². The standard InChI is InChI=1S/C7H8O2S2/c1-6-2-4-7(5-3-6)11(8,9)10/h2-5H,1H3,(H,8,9,10). The van der Waals surface area contributed by atoms with Crippen molar-refractivity contribution in [2.24, 2.45) is 0 Å². The zero-order chi connectivity index (χ0) is 8.48. The molecule has 2 nitrogen and oxygen atoms in total. The quantitative estimate of drug-likeness (QED) is 0.536. The summed E-state index contributed by atoms with van der Waals surface area (Å²) >= 11 is 3.45. The smallest absolute Gasteiger partial charge is 0.212 e. The topological polar surface area (TPSA) is 34.1 Å². The first-order valence-corrected chi connectivity index (χ1v) is 5.58. The number of rotatable bonds is 1. The Labute approximate surface area is 71.0 Å². The van der Waals surface area contributed by atoms with Gasteiger partial charge in [-0.1, -0.05) is 17.7 Å². The lowest BCUT2D eigenvalue weighted by Gasteiger charge is -1.95. The fraction of sp³-hybridized carbons (Fsp3) is 0.143. The highest BCUT2D eigenvalue weighted by molar-refractivity contribution is 8.63. The van der Waals surface area contributed by atoms with Gasteiger partial charge >= 0.3 is 0 Å². The second-order valence-electron chi connectivity index (χ2n) is 2.29. The molecule has 1 aromatic rings. The van der Waals surface area contributed by atoms with Gasteiger partial charge < -0.3 is 0 Å². The molecule has 0 heterocycles. The van der Waals surface area contributed by atoms with Gasteiger partial charge in [0.2, 0.25) is 8.87 Å². The van der Waals surface area contributed by atoms with Gasteiger partial charge in [0.05, 0.1) is 4.90 Å². The molecule has 0 unspecified atom stereocenters. The van der Waals surface area contributed by atoms with Crippen molar-refractivity contribution in [1.82, 2.24) is 0 Å². The minimum atomic E-state index is -3.33. The number of hydrogen-bond donors (Lipinski definition) is 1. The highest BCUT2D eigenvalue weighted by atomic mass is 33.1. The summed E-state index contributed by atoms with van der Waals surface area (Å²) in [6, 6.07) is 6.56. The van der Waals surface area contributed by atoms with Crippen LogP contribution in [0.3, 0.4) is 0 Å². The van der Waals surface area contributed by atoms with Crippen molar-refractivity contribution in [2.45, 2.75) is 11.8 Å². The summed E-state index contributed by atoms with van der Waals surface area (Å²) in [5, 5.41) is 0. The molecule has 0 radical (unpaired) electrons. The van der Waals surface area contributed by atoms with Gasteiger partial charge in [0.25, 0.3) is 0 Å². The first-order chi connectivity index (χ1) is 5.00. The molecule has 0 saturated carbocycles. The summed E-state index contributed by atoms with van der Waals surface area (Å²) in [5.41, 5.74) is 1.03. The summed E-state index contributed by atoms with van der Waals surface area (Å²) < 4.78 is 21.6. The van der Waals surface area contributed by atoms with Gasteiger partial charge in [-0.2, -0.15) is 0 Å². The Morgan fingerprint density at radius 2 is 1.64 bits per heavy atom. The van der Waals surface area contributed by atoms with E-state index in [-0.39, 0.29) is 4.90 Å². The van der Waals surface area contributed by atoms with Gasteiger partial charge in [0.15, 0.2) is 0 Å². The van der Waals surface area contributed by atoms with E-state index >= 15 is 0 Å². The molecule has 0 atom stereocenters. The van der Waals surface area contributed by atoms with E-state index in [0.29, 0.717) is 0 Å². The summed E-state index contributed by atoms with van der Waals surface area (Å²) in [7, 11) is -3.33. The third-order valence-electron chi connectivity index (χ3n) is 1.32. The van der Waals surface area contributed by atoms with Gasteiger partial charge in [0.1, 0.15) is 0 Å². The maximum absolute atomic E-state index is 10.8. The van der Waals surface area contributed by atoms with Crippen LogP contribution >= 0.6 is 11.7 Å². The minimum absolute atomic E-state index is 0.242. The number of thiol groups is 1. The van der Waals surface area contributed by atoms with E-state index in [2.05, 4.69) is 11.7 Å². The summed E-state index contributed by atoms with van der Waals surface area (Å²) in [5.74, 6) is 0. The molecule has 0 aliphatic carbocycles. The van der Waals surface area contributed by atoms with E-state index in [4.69, 9.17) is 0 Å². The van der Waals surface area contributed by atoms with Gasteiger partial charge in [-0.15, -0.1) is 0 Å². The Kier molecular flexibility index (Phi) is 2.25. The Morgan fingerprint density at radius 1 is 1.18 bits per heavy atom. The predicted molar refractivity (Wildman–Crippen MR) is 47.4 cm³/mol. The van der Waals surface area contributed by atoms with E-state index in [9.17, 15) is 8.42 Å². The molecular weight excluding hydrogens is 180 g/mol. The van der Waals surface area contributed by atoms with E-state index in [1.54, 1.807) is 12.1 Å². The number of hydrogen-bond acceptors (Lipinski definition) is 2. The molecule has 1 aromatic carbocycles. The van der Waals surface area contributed by atoms with Crippen molar-refractivity contribution in [1.29, 1.82) is 0 Å². The van der Waals surface area contributed by atoms with Crippen molar-refractivity contribution < 1.29 is 8.42 Å². The summed E-state index contributed by atoms with van der Waals surface area (Å²) in [4.78, 5) is 0.242. The van der Waals surface area contributed by atoms with Crippen molar-refractivity contribution in [3.8, 4) is 0 Å². The highest BCUT2D eigenvalue weighted by Crippen LogP contribution is 2.13. The van der Waals surface area contributed by atoms with Crippen molar-refractivity contribution in [3.05, 3.63) is 29.8 Å². The third kappa shape index (κ3) is 2.24. The second kappa shape index (κ2) is 2.87. The van der Waals surface area contributed by atoms with Crippen molar-refractivity contribution >= 4 is 20.5 Å². The van der Waals surface area contributed by atoms with E-state index in [1.807, 2.05) is 6.92 Å².